The van der Waals surface area contributed by atoms with Crippen molar-refractivity contribution < 1.29 is 9.90 Å². The van der Waals surface area contributed by atoms with Gasteiger partial charge in [-0.2, -0.15) is 0 Å². The molecule has 1 fully saturated rings. The van der Waals surface area contributed by atoms with Gasteiger partial charge in [-0.05, 0) is 36.7 Å². The van der Waals surface area contributed by atoms with Crippen LogP contribution in [-0.2, 0) is 0 Å². The Morgan fingerprint density at radius 2 is 2.11 bits per heavy atom. The summed E-state index contributed by atoms with van der Waals surface area (Å²) < 4.78 is 0. The van der Waals surface area contributed by atoms with Crippen LogP contribution >= 0.6 is 11.3 Å². The average Bonchev–Trinajstić information content (AvgIpc) is 2.66. The number of carbonyl (C=O) groups is 1. The number of carboxylic acid groups (broad SMARTS) is 1. The molecule has 2 rings (SSSR count). The van der Waals surface area contributed by atoms with Crippen LogP contribution in [0.2, 0.25) is 0 Å². The van der Waals surface area contributed by atoms with Crippen LogP contribution in [0.1, 0.15) is 49.7 Å². The molecule has 4 heteroatoms. The zero-order valence-electron chi connectivity index (χ0n) is 12.0. The molecule has 0 radical (unpaired) electrons. The third-order valence-electron chi connectivity index (χ3n) is 4.11. The first-order valence-electron chi connectivity index (χ1n) is 6.94. The van der Waals surface area contributed by atoms with Crippen LogP contribution in [0.3, 0.4) is 0 Å². The summed E-state index contributed by atoms with van der Waals surface area (Å²) in [6.07, 6.45) is 3.66. The van der Waals surface area contributed by atoms with E-state index < -0.39 is 5.97 Å². The van der Waals surface area contributed by atoms with E-state index in [0.717, 1.165) is 24.7 Å². The van der Waals surface area contributed by atoms with Gasteiger partial charge in [0.25, 0.3) is 0 Å². The van der Waals surface area contributed by atoms with Crippen LogP contribution in [0, 0.1) is 11.3 Å². The molecule has 3 nitrogen and oxygen atoms in total. The van der Waals surface area contributed by atoms with Gasteiger partial charge < -0.3 is 10.0 Å². The van der Waals surface area contributed by atoms with E-state index in [1.807, 2.05) is 11.4 Å². The van der Waals surface area contributed by atoms with E-state index in [4.69, 9.17) is 5.11 Å². The summed E-state index contributed by atoms with van der Waals surface area (Å²) >= 11 is 1.32. The van der Waals surface area contributed by atoms with Crippen molar-refractivity contribution in [3.8, 4) is 0 Å². The van der Waals surface area contributed by atoms with Gasteiger partial charge in [0.2, 0.25) is 0 Å². The van der Waals surface area contributed by atoms with Gasteiger partial charge >= 0.3 is 5.97 Å². The molecule has 1 N–H and O–H groups in total. The summed E-state index contributed by atoms with van der Waals surface area (Å²) in [5.41, 5.74) is 1.45. The molecule has 1 aromatic heterocycles. The largest absolute Gasteiger partial charge is 0.477 e. The van der Waals surface area contributed by atoms with Gasteiger partial charge in [-0.1, -0.05) is 20.8 Å². The number of rotatable bonds is 2. The smallest absolute Gasteiger partial charge is 0.345 e. The second-order valence-electron chi connectivity index (χ2n) is 6.46. The van der Waals surface area contributed by atoms with Crippen molar-refractivity contribution in [3.05, 3.63) is 16.3 Å². The molecule has 1 aliphatic rings. The minimum Gasteiger partial charge on any atom is -0.477 e. The monoisotopic (exact) mass is 281 g/mol. The van der Waals surface area contributed by atoms with Gasteiger partial charge in [-0.15, -0.1) is 11.3 Å². The van der Waals surface area contributed by atoms with Gasteiger partial charge in [0, 0.05) is 24.2 Å². The van der Waals surface area contributed by atoms with Gasteiger partial charge in [-0.3, -0.25) is 0 Å². The number of carboxylic acids is 1. The van der Waals surface area contributed by atoms with Gasteiger partial charge in [0.05, 0.1) is 0 Å². The fourth-order valence-electron chi connectivity index (χ4n) is 2.82. The number of hydrogen-bond acceptors (Lipinski definition) is 3. The van der Waals surface area contributed by atoms with E-state index in [-0.39, 0.29) is 0 Å². The molecular weight excluding hydrogens is 258 g/mol. The van der Waals surface area contributed by atoms with Crippen molar-refractivity contribution in [3.63, 3.8) is 0 Å². The molecular formula is C15H23NO2S. The maximum Gasteiger partial charge on any atom is 0.345 e. The van der Waals surface area contributed by atoms with Gasteiger partial charge in [-0.25, -0.2) is 4.79 Å². The van der Waals surface area contributed by atoms with E-state index in [1.54, 1.807) is 0 Å². The van der Waals surface area contributed by atoms with Crippen molar-refractivity contribution in [1.29, 1.82) is 0 Å². The molecule has 0 bridgehead atoms. The molecule has 1 saturated heterocycles. The quantitative estimate of drug-likeness (QED) is 0.887. The van der Waals surface area contributed by atoms with Crippen LogP contribution in [-0.4, -0.2) is 24.2 Å². The maximum atomic E-state index is 10.9. The Kier molecular flexibility index (Phi) is 4.19. The van der Waals surface area contributed by atoms with Crippen LogP contribution in [0.15, 0.2) is 11.4 Å². The molecule has 0 saturated carbocycles. The Balaban J connectivity index is 2.04. The van der Waals surface area contributed by atoms with E-state index in [0.29, 0.717) is 10.3 Å². The molecule has 1 unspecified atom stereocenters. The second-order valence-corrected chi connectivity index (χ2v) is 7.37. The van der Waals surface area contributed by atoms with Gasteiger partial charge in [0.1, 0.15) is 4.88 Å². The lowest BCUT2D eigenvalue weighted by Gasteiger charge is -2.29. The first kappa shape index (κ1) is 14.4. The number of hydrogen-bond donors (Lipinski definition) is 1. The number of anilines is 1. The highest BCUT2D eigenvalue weighted by Crippen LogP contribution is 2.35. The fraction of sp³-hybridized carbons (Fsp3) is 0.667. The standard InChI is InChI=1S/C15H23NO2S/c1-15(2,3)11-5-4-7-16(8-6-11)12-9-13(14(17)18)19-10-12/h9-11H,4-8H2,1-3H3,(H,17,18). The maximum absolute atomic E-state index is 10.9. The molecule has 0 aromatic carbocycles. The lowest BCUT2D eigenvalue weighted by molar-refractivity contribution is 0.0702. The highest BCUT2D eigenvalue weighted by Gasteiger charge is 2.27. The molecule has 19 heavy (non-hydrogen) atoms. The van der Waals surface area contributed by atoms with E-state index in [2.05, 4.69) is 25.7 Å². The molecule has 0 aliphatic carbocycles. The fourth-order valence-corrected chi connectivity index (χ4v) is 3.58. The first-order chi connectivity index (χ1) is 8.88. The first-order valence-corrected chi connectivity index (χ1v) is 7.82. The molecule has 2 heterocycles. The van der Waals surface area contributed by atoms with Gasteiger partial charge in [0.15, 0.2) is 0 Å². The summed E-state index contributed by atoms with van der Waals surface area (Å²) in [7, 11) is 0. The lowest BCUT2D eigenvalue weighted by Crippen LogP contribution is -2.25. The summed E-state index contributed by atoms with van der Waals surface area (Å²) in [6.45, 7) is 9.04. The summed E-state index contributed by atoms with van der Waals surface area (Å²) in [5, 5.41) is 11.0. The molecule has 1 atom stereocenters. The predicted octanol–water partition coefficient (Wildman–Crippen LogP) is 4.10. The highest BCUT2D eigenvalue weighted by molar-refractivity contribution is 7.12. The molecule has 1 aliphatic heterocycles. The van der Waals surface area contributed by atoms with Crippen molar-refractivity contribution in [2.24, 2.45) is 11.3 Å². The molecule has 0 amide bonds. The molecule has 1 aromatic rings. The van der Waals surface area contributed by atoms with Crippen molar-refractivity contribution in [1.82, 2.24) is 0 Å². The topological polar surface area (TPSA) is 40.5 Å². The lowest BCUT2D eigenvalue weighted by atomic mass is 9.77. The second kappa shape index (κ2) is 5.53. The Morgan fingerprint density at radius 1 is 1.37 bits per heavy atom. The Labute approximate surface area is 119 Å². The van der Waals surface area contributed by atoms with Crippen LogP contribution < -0.4 is 4.90 Å². The van der Waals surface area contributed by atoms with E-state index >= 15 is 0 Å². The zero-order chi connectivity index (χ0) is 14.0. The zero-order valence-corrected chi connectivity index (χ0v) is 12.8. The van der Waals surface area contributed by atoms with Crippen LogP contribution in [0.5, 0.6) is 0 Å². The number of thiophene rings is 1. The minimum atomic E-state index is -0.821. The van der Waals surface area contributed by atoms with Crippen LogP contribution in [0.25, 0.3) is 0 Å². The Morgan fingerprint density at radius 3 is 2.68 bits per heavy atom. The Bertz CT molecular complexity index is 447. The van der Waals surface area contributed by atoms with Crippen LogP contribution in [0.4, 0.5) is 5.69 Å². The highest BCUT2D eigenvalue weighted by atomic mass is 32.1. The Hall–Kier alpha value is -1.03. The third kappa shape index (κ3) is 3.50. The SMILES string of the molecule is CC(C)(C)C1CCCN(c2csc(C(=O)O)c2)CC1. The van der Waals surface area contributed by atoms with Crippen molar-refractivity contribution in [2.75, 3.05) is 18.0 Å². The van der Waals surface area contributed by atoms with E-state index in [1.165, 1.54) is 30.6 Å². The third-order valence-corrected chi connectivity index (χ3v) is 5.02. The summed E-state index contributed by atoms with van der Waals surface area (Å²) in [5.74, 6) is -0.0614. The van der Waals surface area contributed by atoms with Crippen molar-refractivity contribution >= 4 is 23.0 Å². The number of nitrogens with zero attached hydrogens (tertiary/aromatic N) is 1. The van der Waals surface area contributed by atoms with Crippen molar-refractivity contribution in [2.45, 2.75) is 40.0 Å². The van der Waals surface area contributed by atoms with E-state index in [9.17, 15) is 4.79 Å². The predicted molar refractivity (Wildman–Crippen MR) is 80.3 cm³/mol. The minimum absolute atomic E-state index is 0.372. The average molecular weight is 281 g/mol. The summed E-state index contributed by atoms with van der Waals surface area (Å²) in [4.78, 5) is 13.7. The summed E-state index contributed by atoms with van der Waals surface area (Å²) in [6, 6.07) is 1.81. The number of aromatic carboxylic acids is 1. The normalized spacial score (nSPS) is 21.2. The molecule has 106 valence electrons. The molecule has 0 spiro atoms.